The summed E-state index contributed by atoms with van der Waals surface area (Å²) in [5.74, 6) is -0.621. The molecule has 0 saturated carbocycles. The Balaban J connectivity index is 2.29. The second kappa shape index (κ2) is 15.8. The number of benzene rings is 2. The summed E-state index contributed by atoms with van der Waals surface area (Å²) < 4.78 is 10.2. The van der Waals surface area contributed by atoms with E-state index in [1.165, 1.54) is 7.11 Å². The van der Waals surface area contributed by atoms with E-state index >= 15 is 0 Å². The summed E-state index contributed by atoms with van der Waals surface area (Å²) in [5, 5.41) is 18.4. The number of carbonyl (C=O) groups excluding carboxylic acids is 3. The molecular formula is C30H44N4O6. The minimum absolute atomic E-state index is 0.0145. The molecule has 0 spiro atoms. The molecule has 10 nitrogen and oxygen atoms in total. The third kappa shape index (κ3) is 11.6. The van der Waals surface area contributed by atoms with Crippen LogP contribution in [0.25, 0.3) is 0 Å². The highest BCUT2D eigenvalue weighted by atomic mass is 16.6. The van der Waals surface area contributed by atoms with Gasteiger partial charge < -0.3 is 25.2 Å². The molecule has 0 aliphatic rings. The molecule has 0 aliphatic heterocycles. The van der Waals surface area contributed by atoms with Crippen molar-refractivity contribution in [3.05, 3.63) is 71.8 Å². The van der Waals surface area contributed by atoms with Crippen LogP contribution in [-0.2, 0) is 27.2 Å². The van der Waals surface area contributed by atoms with Gasteiger partial charge in [0.25, 0.3) is 5.91 Å². The molecule has 0 radical (unpaired) electrons. The summed E-state index contributed by atoms with van der Waals surface area (Å²) >= 11 is 0. The van der Waals surface area contributed by atoms with Crippen molar-refractivity contribution in [2.45, 2.75) is 77.8 Å². The van der Waals surface area contributed by atoms with E-state index in [0.29, 0.717) is 12.8 Å². The van der Waals surface area contributed by atoms with Gasteiger partial charge in [-0.25, -0.2) is 14.6 Å². The number of aliphatic hydroxyl groups excluding tert-OH is 1. The average molecular weight is 557 g/mol. The maximum atomic E-state index is 13.4. The lowest BCUT2D eigenvalue weighted by Crippen LogP contribution is -2.57. The van der Waals surface area contributed by atoms with Crippen molar-refractivity contribution >= 4 is 18.1 Å². The Kier molecular flexibility index (Phi) is 12.9. The van der Waals surface area contributed by atoms with Crippen LogP contribution in [0.5, 0.6) is 0 Å². The van der Waals surface area contributed by atoms with Gasteiger partial charge in [-0.2, -0.15) is 0 Å². The fraction of sp³-hybridized carbons (Fsp3) is 0.500. The lowest BCUT2D eigenvalue weighted by molar-refractivity contribution is -0.130. The van der Waals surface area contributed by atoms with Crippen LogP contribution in [0.3, 0.4) is 0 Å². The molecule has 2 aromatic rings. The van der Waals surface area contributed by atoms with Gasteiger partial charge in [-0.3, -0.25) is 10.2 Å². The van der Waals surface area contributed by atoms with E-state index in [1.54, 1.807) is 25.8 Å². The summed E-state index contributed by atoms with van der Waals surface area (Å²) in [5.41, 5.74) is 3.98. The molecule has 0 aromatic heterocycles. The zero-order chi connectivity index (χ0) is 29.7. The molecule has 2 aromatic carbocycles. The van der Waals surface area contributed by atoms with E-state index in [9.17, 15) is 19.5 Å². The van der Waals surface area contributed by atoms with Crippen molar-refractivity contribution in [1.29, 1.82) is 0 Å². The second-order valence-corrected chi connectivity index (χ2v) is 10.9. The van der Waals surface area contributed by atoms with Crippen LogP contribution in [0.2, 0.25) is 0 Å². The second-order valence-electron chi connectivity index (χ2n) is 10.9. The standard InChI is InChI=1S/C30H44N4O6/c1-7-21(2)26(32-28(37)39-6)27(36)33-34(19-23-16-12-9-13-17-23)20-25(35)24(18-22-14-10-8-11-15-22)31-29(38)40-30(3,4)5/h8-17,21,24-26,35H,7,18-20H2,1-6H3,(H,31,38)(H,32,37)(H,33,36)/t21-,24-,25-,26-/m0/s1. The molecule has 3 amide bonds. The van der Waals surface area contributed by atoms with Crippen LogP contribution in [0.4, 0.5) is 9.59 Å². The van der Waals surface area contributed by atoms with Gasteiger partial charge in [0.2, 0.25) is 0 Å². The Bertz CT molecular complexity index is 1060. The Hall–Kier alpha value is -3.63. The smallest absolute Gasteiger partial charge is 0.407 e. The number of hydrogen-bond donors (Lipinski definition) is 4. The van der Waals surface area contributed by atoms with Crippen LogP contribution in [-0.4, -0.2) is 65.7 Å². The van der Waals surface area contributed by atoms with Crippen molar-refractivity contribution in [3.8, 4) is 0 Å². The van der Waals surface area contributed by atoms with Crippen LogP contribution in [0.15, 0.2) is 60.7 Å². The van der Waals surface area contributed by atoms with Crippen molar-refractivity contribution in [3.63, 3.8) is 0 Å². The normalized spacial score (nSPS) is 14.4. The SMILES string of the molecule is CC[C@H](C)[C@H](NC(=O)OC)C(=O)NN(Cc1ccccc1)C[C@H](O)[C@H](Cc1ccccc1)NC(=O)OC(C)(C)C. The molecule has 40 heavy (non-hydrogen) atoms. The molecule has 0 saturated heterocycles. The topological polar surface area (TPSA) is 129 Å². The summed E-state index contributed by atoms with van der Waals surface area (Å²) in [4.78, 5) is 38.0. The number of alkyl carbamates (subject to hydrolysis) is 2. The van der Waals surface area contributed by atoms with Gasteiger partial charge >= 0.3 is 12.2 Å². The van der Waals surface area contributed by atoms with E-state index < -0.39 is 41.9 Å². The molecule has 0 bridgehead atoms. The zero-order valence-corrected chi connectivity index (χ0v) is 24.3. The first kappa shape index (κ1) is 32.6. The van der Waals surface area contributed by atoms with Gasteiger partial charge in [0, 0.05) is 13.1 Å². The molecule has 0 aliphatic carbocycles. The van der Waals surface area contributed by atoms with Gasteiger partial charge in [-0.15, -0.1) is 0 Å². The Morgan fingerprint density at radius 2 is 1.50 bits per heavy atom. The van der Waals surface area contributed by atoms with E-state index in [4.69, 9.17) is 9.47 Å². The maximum absolute atomic E-state index is 13.4. The summed E-state index contributed by atoms with van der Waals surface area (Å²) in [7, 11) is 1.24. The fourth-order valence-corrected chi connectivity index (χ4v) is 4.03. The maximum Gasteiger partial charge on any atom is 0.407 e. The third-order valence-corrected chi connectivity index (χ3v) is 6.31. The molecule has 2 rings (SSSR count). The highest BCUT2D eigenvalue weighted by Gasteiger charge is 2.30. The number of aliphatic hydroxyl groups is 1. The lowest BCUT2D eigenvalue weighted by Gasteiger charge is -2.32. The monoisotopic (exact) mass is 556 g/mol. The summed E-state index contributed by atoms with van der Waals surface area (Å²) in [6.07, 6.45) is -1.46. The number of carbonyl (C=O) groups is 3. The number of hydrazine groups is 1. The van der Waals surface area contributed by atoms with Crippen LogP contribution < -0.4 is 16.1 Å². The van der Waals surface area contributed by atoms with E-state index in [2.05, 4.69) is 16.1 Å². The molecule has 4 atom stereocenters. The zero-order valence-electron chi connectivity index (χ0n) is 24.3. The van der Waals surface area contributed by atoms with Gasteiger partial charge in [0.05, 0.1) is 19.3 Å². The average Bonchev–Trinajstić information content (AvgIpc) is 2.90. The van der Waals surface area contributed by atoms with Crippen LogP contribution in [0.1, 0.15) is 52.2 Å². The number of ether oxygens (including phenoxy) is 2. The van der Waals surface area contributed by atoms with Crippen molar-refractivity contribution in [2.24, 2.45) is 5.92 Å². The molecule has 0 unspecified atom stereocenters. The highest BCUT2D eigenvalue weighted by molar-refractivity contribution is 5.85. The predicted molar refractivity (Wildman–Crippen MR) is 153 cm³/mol. The van der Waals surface area contributed by atoms with Crippen LogP contribution >= 0.6 is 0 Å². The van der Waals surface area contributed by atoms with Gasteiger partial charge in [-0.1, -0.05) is 80.9 Å². The molecule has 4 N–H and O–H groups in total. The van der Waals surface area contributed by atoms with E-state index in [0.717, 1.165) is 11.1 Å². The molecule has 10 heteroatoms. The fourth-order valence-electron chi connectivity index (χ4n) is 4.03. The minimum atomic E-state index is -1.09. The first-order valence-corrected chi connectivity index (χ1v) is 13.6. The lowest BCUT2D eigenvalue weighted by atomic mass is 9.98. The Morgan fingerprint density at radius 1 is 0.925 bits per heavy atom. The molecule has 0 heterocycles. The van der Waals surface area contributed by atoms with E-state index in [1.807, 2.05) is 74.5 Å². The van der Waals surface area contributed by atoms with Crippen molar-refractivity contribution in [1.82, 2.24) is 21.1 Å². The molecule has 0 fully saturated rings. The summed E-state index contributed by atoms with van der Waals surface area (Å²) in [6, 6.07) is 17.4. The molecule has 220 valence electrons. The quantitative estimate of drug-likeness (QED) is 0.276. The largest absolute Gasteiger partial charge is 0.453 e. The number of methoxy groups -OCH3 is 1. The number of nitrogens with one attached hydrogen (secondary N) is 3. The van der Waals surface area contributed by atoms with Crippen molar-refractivity contribution < 1.29 is 29.0 Å². The van der Waals surface area contributed by atoms with Gasteiger partial charge in [0.1, 0.15) is 11.6 Å². The Labute approximate surface area is 237 Å². The van der Waals surface area contributed by atoms with Crippen LogP contribution in [0, 0.1) is 5.92 Å². The first-order chi connectivity index (χ1) is 18.9. The number of amides is 3. The highest BCUT2D eigenvalue weighted by Crippen LogP contribution is 2.14. The Morgan fingerprint density at radius 3 is 2.02 bits per heavy atom. The first-order valence-electron chi connectivity index (χ1n) is 13.6. The third-order valence-electron chi connectivity index (χ3n) is 6.31. The molecular weight excluding hydrogens is 512 g/mol. The number of hydrogen-bond acceptors (Lipinski definition) is 7. The van der Waals surface area contributed by atoms with E-state index in [-0.39, 0.29) is 19.0 Å². The minimum Gasteiger partial charge on any atom is -0.453 e. The van der Waals surface area contributed by atoms with Gasteiger partial charge in [-0.05, 0) is 44.2 Å². The predicted octanol–water partition coefficient (Wildman–Crippen LogP) is 3.79. The van der Waals surface area contributed by atoms with Crippen molar-refractivity contribution in [2.75, 3.05) is 13.7 Å². The number of rotatable bonds is 13. The summed E-state index contributed by atoms with van der Waals surface area (Å²) in [6.45, 7) is 9.34. The number of nitrogens with zero attached hydrogens (tertiary/aromatic N) is 1. The van der Waals surface area contributed by atoms with Gasteiger partial charge in [0.15, 0.2) is 0 Å².